The summed E-state index contributed by atoms with van der Waals surface area (Å²) in [5.74, 6) is 1.35. The van der Waals surface area contributed by atoms with E-state index in [2.05, 4.69) is 4.98 Å². The first kappa shape index (κ1) is 17.8. The number of pyridine rings is 1. The van der Waals surface area contributed by atoms with Gasteiger partial charge in [0.15, 0.2) is 11.5 Å². The van der Waals surface area contributed by atoms with Crippen molar-refractivity contribution in [2.45, 2.75) is 51.3 Å². The topological polar surface area (TPSA) is 77.7 Å². The molecular formula is C21H25N3O3. The number of hydrogen-bond acceptors (Lipinski definition) is 5. The molecule has 1 aliphatic carbocycles. The zero-order valence-corrected chi connectivity index (χ0v) is 15.8. The third-order valence-electron chi connectivity index (χ3n) is 5.51. The molecule has 6 heteroatoms. The largest absolute Gasteiger partial charge is 0.493 e. The molecule has 1 aromatic carbocycles. The molecule has 4 rings (SSSR count). The fourth-order valence-corrected chi connectivity index (χ4v) is 4.02. The van der Waals surface area contributed by atoms with Crippen LogP contribution in [0.15, 0.2) is 30.5 Å². The molecule has 2 heterocycles. The van der Waals surface area contributed by atoms with Crippen LogP contribution in [0.3, 0.4) is 0 Å². The van der Waals surface area contributed by atoms with Crippen LogP contribution in [0.2, 0.25) is 0 Å². The Hall–Kier alpha value is -2.60. The molecule has 1 saturated carbocycles. The van der Waals surface area contributed by atoms with Crippen LogP contribution in [0.5, 0.6) is 11.5 Å². The van der Waals surface area contributed by atoms with E-state index < -0.39 is 0 Å². The fraction of sp³-hybridized carbons (Fsp3) is 0.429. The first-order valence-corrected chi connectivity index (χ1v) is 9.49. The summed E-state index contributed by atoms with van der Waals surface area (Å²) >= 11 is 0. The summed E-state index contributed by atoms with van der Waals surface area (Å²) in [6.45, 7) is 2.33. The van der Waals surface area contributed by atoms with Crippen molar-refractivity contribution in [1.82, 2.24) is 4.98 Å². The highest BCUT2D eigenvalue weighted by molar-refractivity contribution is 6.11. The lowest BCUT2D eigenvalue weighted by Crippen LogP contribution is -2.26. The molecule has 2 aliphatic rings. The Kier molecular flexibility index (Phi) is 4.74. The van der Waals surface area contributed by atoms with Gasteiger partial charge in [-0.3, -0.25) is 9.78 Å². The minimum Gasteiger partial charge on any atom is -0.493 e. The number of benzene rings is 1. The third-order valence-corrected chi connectivity index (χ3v) is 5.51. The molecule has 0 saturated heterocycles. The van der Waals surface area contributed by atoms with E-state index >= 15 is 0 Å². The fourth-order valence-electron chi connectivity index (χ4n) is 4.02. The van der Waals surface area contributed by atoms with Crippen LogP contribution in [0.25, 0.3) is 0 Å². The van der Waals surface area contributed by atoms with Gasteiger partial charge in [0.25, 0.3) is 5.91 Å². The number of methoxy groups -OCH3 is 1. The van der Waals surface area contributed by atoms with Gasteiger partial charge in [-0.15, -0.1) is 0 Å². The number of amides is 1. The van der Waals surface area contributed by atoms with Gasteiger partial charge in [0, 0.05) is 35.6 Å². The van der Waals surface area contributed by atoms with Crippen molar-refractivity contribution in [3.8, 4) is 11.5 Å². The summed E-state index contributed by atoms with van der Waals surface area (Å²) < 4.78 is 11.7. The van der Waals surface area contributed by atoms with Gasteiger partial charge in [0.1, 0.15) is 0 Å². The Labute approximate surface area is 159 Å². The van der Waals surface area contributed by atoms with Crippen LogP contribution in [0.1, 0.15) is 60.3 Å². The van der Waals surface area contributed by atoms with E-state index in [1.54, 1.807) is 24.3 Å². The number of nitrogens with zero attached hydrogens (tertiary/aromatic N) is 2. The number of anilines is 1. The Balaban J connectivity index is 1.67. The van der Waals surface area contributed by atoms with Gasteiger partial charge in [0.05, 0.1) is 24.9 Å². The van der Waals surface area contributed by atoms with Crippen molar-refractivity contribution >= 4 is 11.6 Å². The number of hydrogen-bond donors (Lipinski definition) is 1. The number of carbonyl (C=O) groups excluding carboxylic acids is 1. The smallest absolute Gasteiger partial charge is 0.259 e. The second-order valence-electron chi connectivity index (χ2n) is 7.18. The summed E-state index contributed by atoms with van der Waals surface area (Å²) in [7, 11) is 1.63. The first-order valence-electron chi connectivity index (χ1n) is 9.49. The summed E-state index contributed by atoms with van der Waals surface area (Å²) in [6.07, 6.45) is 6.49. The van der Waals surface area contributed by atoms with Crippen LogP contribution in [0.4, 0.5) is 5.69 Å². The Morgan fingerprint density at radius 2 is 2.00 bits per heavy atom. The highest BCUT2D eigenvalue weighted by atomic mass is 16.5. The molecule has 1 unspecified atom stereocenters. The molecule has 0 bridgehead atoms. The third kappa shape index (κ3) is 3.14. The lowest BCUT2D eigenvalue weighted by atomic mass is 10.1. The monoisotopic (exact) mass is 367 g/mol. The van der Waals surface area contributed by atoms with E-state index in [-0.39, 0.29) is 18.1 Å². The number of nitrogens with two attached hydrogens (primary N) is 1. The van der Waals surface area contributed by atoms with Crippen LogP contribution in [-0.2, 0) is 6.54 Å². The van der Waals surface area contributed by atoms with Gasteiger partial charge < -0.3 is 20.1 Å². The molecule has 0 spiro atoms. The molecule has 1 amide bonds. The predicted molar refractivity (Wildman–Crippen MR) is 103 cm³/mol. The lowest BCUT2D eigenvalue weighted by Gasteiger charge is -2.24. The molecule has 1 aromatic heterocycles. The van der Waals surface area contributed by atoms with Crippen molar-refractivity contribution in [2.24, 2.45) is 5.73 Å². The maximum atomic E-state index is 13.1. The first-order chi connectivity index (χ1) is 13.1. The number of rotatable bonds is 5. The lowest BCUT2D eigenvalue weighted by molar-refractivity contribution is 0.0992. The van der Waals surface area contributed by atoms with Crippen molar-refractivity contribution in [1.29, 1.82) is 0 Å². The SMILES string of the molecule is COc1ccc(N2C(=O)c3cc(CN)ncc3C2C)cc1OC1CCCC1. The van der Waals surface area contributed by atoms with Gasteiger partial charge in [0.2, 0.25) is 0 Å². The van der Waals surface area contributed by atoms with Gasteiger partial charge in [-0.25, -0.2) is 0 Å². The van der Waals surface area contributed by atoms with E-state index in [1.807, 2.05) is 25.1 Å². The minimum atomic E-state index is -0.0976. The van der Waals surface area contributed by atoms with Crippen LogP contribution in [0, 0.1) is 0 Å². The highest BCUT2D eigenvalue weighted by Crippen LogP contribution is 2.41. The van der Waals surface area contributed by atoms with E-state index in [0.29, 0.717) is 23.6 Å². The maximum absolute atomic E-state index is 13.1. The molecular weight excluding hydrogens is 342 g/mol. The number of carbonyl (C=O) groups is 1. The van der Waals surface area contributed by atoms with Gasteiger partial charge in [-0.2, -0.15) is 0 Å². The van der Waals surface area contributed by atoms with E-state index in [1.165, 1.54) is 12.8 Å². The number of ether oxygens (including phenoxy) is 2. The summed E-state index contributed by atoms with van der Waals surface area (Å²) in [5.41, 5.74) is 8.79. The standard InChI is InChI=1S/C21H25N3O3/c1-13-18-12-23-14(11-22)9-17(18)21(25)24(13)15-7-8-19(26-2)20(10-15)27-16-5-3-4-6-16/h7-10,12-13,16H,3-6,11,22H2,1-2H3. The quantitative estimate of drug-likeness (QED) is 0.874. The Bertz CT molecular complexity index is 862. The normalized spacial score (nSPS) is 19.4. The molecule has 2 aromatic rings. The van der Waals surface area contributed by atoms with Crippen molar-refractivity contribution in [2.75, 3.05) is 12.0 Å². The summed E-state index contributed by atoms with van der Waals surface area (Å²) in [4.78, 5) is 19.2. The van der Waals surface area contributed by atoms with Gasteiger partial charge >= 0.3 is 0 Å². The molecule has 1 atom stereocenters. The van der Waals surface area contributed by atoms with Crippen molar-refractivity contribution in [3.05, 3.63) is 47.3 Å². The summed E-state index contributed by atoms with van der Waals surface area (Å²) in [6, 6.07) is 7.38. The van der Waals surface area contributed by atoms with Crippen LogP contribution < -0.4 is 20.1 Å². The Morgan fingerprint density at radius 1 is 1.22 bits per heavy atom. The maximum Gasteiger partial charge on any atom is 0.259 e. The van der Waals surface area contributed by atoms with Crippen LogP contribution >= 0.6 is 0 Å². The number of aromatic nitrogens is 1. The molecule has 142 valence electrons. The highest BCUT2D eigenvalue weighted by Gasteiger charge is 2.36. The van der Waals surface area contributed by atoms with Gasteiger partial charge in [-0.1, -0.05) is 0 Å². The second kappa shape index (κ2) is 7.19. The van der Waals surface area contributed by atoms with E-state index in [4.69, 9.17) is 15.2 Å². The van der Waals surface area contributed by atoms with Crippen molar-refractivity contribution < 1.29 is 14.3 Å². The molecule has 2 N–H and O–H groups in total. The zero-order chi connectivity index (χ0) is 19.0. The Morgan fingerprint density at radius 3 is 2.70 bits per heavy atom. The molecule has 1 fully saturated rings. The van der Waals surface area contributed by atoms with Gasteiger partial charge in [-0.05, 0) is 50.8 Å². The molecule has 27 heavy (non-hydrogen) atoms. The molecule has 6 nitrogen and oxygen atoms in total. The second-order valence-corrected chi connectivity index (χ2v) is 7.18. The average Bonchev–Trinajstić information content (AvgIpc) is 3.28. The van der Waals surface area contributed by atoms with E-state index in [0.717, 1.165) is 29.8 Å². The molecule has 0 radical (unpaired) electrons. The van der Waals surface area contributed by atoms with Crippen molar-refractivity contribution in [3.63, 3.8) is 0 Å². The van der Waals surface area contributed by atoms with Crippen LogP contribution in [-0.4, -0.2) is 24.1 Å². The molecule has 1 aliphatic heterocycles. The minimum absolute atomic E-state index is 0.0356. The average molecular weight is 367 g/mol. The summed E-state index contributed by atoms with van der Waals surface area (Å²) in [5, 5.41) is 0. The zero-order valence-electron chi connectivity index (χ0n) is 15.8. The predicted octanol–water partition coefficient (Wildman–Crippen LogP) is 3.59. The van der Waals surface area contributed by atoms with E-state index in [9.17, 15) is 4.79 Å². The number of fused-ring (bicyclic) bond motifs is 1.